The zero-order valence-corrected chi connectivity index (χ0v) is 19.5. The van der Waals surface area contributed by atoms with Crippen LogP contribution in [0.5, 0.6) is 0 Å². The van der Waals surface area contributed by atoms with Gasteiger partial charge in [0.15, 0.2) is 0 Å². The fourth-order valence-electron chi connectivity index (χ4n) is 0. The van der Waals surface area contributed by atoms with Crippen LogP contribution in [0.1, 0.15) is 0 Å². The van der Waals surface area contributed by atoms with Crippen LogP contribution in [0.15, 0.2) is 0 Å². The summed E-state index contributed by atoms with van der Waals surface area (Å²) in [6.45, 7) is 20.1. The Labute approximate surface area is 142 Å². The summed E-state index contributed by atoms with van der Waals surface area (Å²) in [4.78, 5) is 32.5. The van der Waals surface area contributed by atoms with E-state index in [1.165, 1.54) is 17.9 Å². The first-order valence-corrected chi connectivity index (χ1v) is 16.0. The van der Waals surface area contributed by atoms with E-state index in [0.29, 0.717) is 23.8 Å². The predicted octanol–water partition coefficient (Wildman–Crippen LogP) is 3.59. The zero-order chi connectivity index (χ0) is 18.1. The van der Waals surface area contributed by atoms with E-state index in [1.807, 2.05) is 0 Å². The minimum absolute atomic E-state index is 0.250. The second kappa shape index (κ2) is 50.1. The van der Waals surface area contributed by atoms with Crippen molar-refractivity contribution >= 4 is 45.7 Å². The topological polar surface area (TPSA) is 68.3 Å². The molecule has 0 aromatic rings. The third kappa shape index (κ3) is 6280. The van der Waals surface area contributed by atoms with Crippen LogP contribution >= 0.6 is 33.3 Å². The van der Waals surface area contributed by atoms with Crippen molar-refractivity contribution < 1.29 is 37.1 Å². The molecule has 0 aromatic heterocycles. The quantitative estimate of drug-likeness (QED) is 0.438. The van der Waals surface area contributed by atoms with Crippen LogP contribution in [-0.4, -0.2) is 72.3 Å². The molecule has 0 heterocycles. The average molecular weight is 544 g/mol. The van der Waals surface area contributed by atoms with Crippen LogP contribution in [0.4, 0.5) is 0 Å². The van der Waals surface area contributed by atoms with E-state index in [-0.39, 0.29) is 12.3 Å². The van der Waals surface area contributed by atoms with E-state index in [0.717, 1.165) is 0 Å². The Morgan fingerprint density at radius 1 is 0.550 bits per heavy atom. The standard InChI is InChI=1S/3C3H9P.2CO2.ClH.Ir/c3*1-4(2)3;2*2-1-3;;/h3*1-3H3;;;1H;/q;;;;;;+1/p-1. The van der Waals surface area contributed by atoms with Gasteiger partial charge in [-0.05, 0) is 60.0 Å². The molecular weight excluding hydrogens is 517 g/mol. The Morgan fingerprint density at radius 2 is 0.550 bits per heavy atom. The molecule has 126 valence electrons. The molecule has 0 radical (unpaired) electrons. The Balaban J connectivity index is -0.0000000299. The summed E-state index contributed by atoms with van der Waals surface area (Å²) in [6.07, 6.45) is 0.500. The Bertz CT molecular complexity index is 160. The second-order valence-corrected chi connectivity index (χ2v) is 12.2. The third-order valence-corrected chi connectivity index (χ3v) is 0. The number of hydrogen-bond donors (Lipinski definition) is 0. The maximum absolute atomic E-state index is 8.12. The number of rotatable bonds is 0. The van der Waals surface area contributed by atoms with Crippen molar-refractivity contribution in [1.29, 1.82) is 0 Å². The van der Waals surface area contributed by atoms with Crippen LogP contribution in [0.25, 0.3) is 0 Å². The van der Waals surface area contributed by atoms with Gasteiger partial charge < -0.3 is 0 Å². The molecule has 0 atom stereocenters. The third-order valence-electron chi connectivity index (χ3n) is 0. The summed E-state index contributed by atoms with van der Waals surface area (Å²) < 4.78 is 0. The van der Waals surface area contributed by atoms with Crippen LogP contribution in [-0.2, 0) is 37.1 Å². The molecule has 0 spiro atoms. The van der Waals surface area contributed by atoms with Gasteiger partial charge in [-0.3, -0.25) is 0 Å². The van der Waals surface area contributed by atoms with Gasteiger partial charge >= 0.3 is 39.8 Å². The van der Waals surface area contributed by atoms with Crippen molar-refractivity contribution in [3.63, 3.8) is 0 Å². The molecular formula is C11H27ClIrO4P3. The van der Waals surface area contributed by atoms with Gasteiger partial charge in [-0.15, -0.1) is 23.8 Å². The summed E-state index contributed by atoms with van der Waals surface area (Å²) in [7, 11) is 5.78. The molecule has 0 aromatic carbocycles. The molecule has 0 saturated carbocycles. The molecule has 0 bridgehead atoms. The van der Waals surface area contributed by atoms with Gasteiger partial charge in [-0.1, -0.05) is 0 Å². The summed E-state index contributed by atoms with van der Waals surface area (Å²) >= 11 is 1.47. The summed E-state index contributed by atoms with van der Waals surface area (Å²) in [5, 5.41) is 0. The van der Waals surface area contributed by atoms with E-state index >= 15 is 0 Å². The summed E-state index contributed by atoms with van der Waals surface area (Å²) in [6, 6.07) is 0. The van der Waals surface area contributed by atoms with Crippen molar-refractivity contribution in [3.05, 3.63) is 0 Å². The van der Waals surface area contributed by atoms with E-state index in [9.17, 15) is 0 Å². The molecule has 0 amide bonds. The van der Waals surface area contributed by atoms with Crippen molar-refractivity contribution in [2.24, 2.45) is 0 Å². The van der Waals surface area contributed by atoms with Crippen LogP contribution in [0.2, 0.25) is 0 Å². The first-order chi connectivity index (χ1) is 9.02. The van der Waals surface area contributed by atoms with Crippen LogP contribution in [0, 0.1) is 0 Å². The van der Waals surface area contributed by atoms with Crippen molar-refractivity contribution in [3.8, 4) is 0 Å². The number of halogens is 1. The SMILES string of the molecule is CP(C)C.CP(C)C.CP(C)C.O=C=O.O=C=O.[Cl][Ir]. The van der Waals surface area contributed by atoms with E-state index < -0.39 is 0 Å². The monoisotopic (exact) mass is 544 g/mol. The fourth-order valence-corrected chi connectivity index (χ4v) is 0. The Hall–Kier alpha value is 0.989. The van der Waals surface area contributed by atoms with Crippen molar-refractivity contribution in [1.82, 2.24) is 0 Å². The molecule has 0 aliphatic rings. The van der Waals surface area contributed by atoms with E-state index in [4.69, 9.17) is 19.2 Å². The molecule has 0 aliphatic carbocycles. The van der Waals surface area contributed by atoms with E-state index in [2.05, 4.69) is 69.6 Å². The number of carbonyl (C=O) groups excluding carboxylic acids is 4. The van der Waals surface area contributed by atoms with Gasteiger partial charge in [0.05, 0.1) is 0 Å². The molecule has 4 nitrogen and oxygen atoms in total. The molecule has 0 aliphatic heterocycles. The van der Waals surface area contributed by atoms with Gasteiger partial charge in [0, 0.05) is 0 Å². The molecule has 0 saturated heterocycles. The molecule has 0 fully saturated rings. The number of hydrogen-bond acceptors (Lipinski definition) is 4. The molecule has 9 heteroatoms. The Morgan fingerprint density at radius 3 is 0.550 bits per heavy atom. The second-order valence-electron chi connectivity index (χ2n) is 4.19. The summed E-state index contributed by atoms with van der Waals surface area (Å²) in [5.74, 6) is 0. The summed E-state index contributed by atoms with van der Waals surface area (Å²) in [5.41, 5.74) is 0. The molecule has 0 N–H and O–H groups in total. The fraction of sp³-hybridized carbons (Fsp3) is 0.818. The minimum atomic E-state index is 0.250. The Kier molecular flexibility index (Phi) is 93.6. The van der Waals surface area contributed by atoms with E-state index in [1.54, 1.807) is 0 Å². The average Bonchev–Trinajstić information content (AvgIpc) is 2.19. The van der Waals surface area contributed by atoms with Gasteiger partial charge in [-0.2, -0.15) is 19.2 Å². The molecule has 20 heavy (non-hydrogen) atoms. The normalized spacial score (nSPS) is 6.55. The first kappa shape index (κ1) is 37.3. The zero-order valence-electron chi connectivity index (χ0n) is 13.7. The van der Waals surface area contributed by atoms with Crippen LogP contribution in [0.3, 0.4) is 0 Å². The van der Waals surface area contributed by atoms with Gasteiger partial charge in [0.2, 0.25) is 0 Å². The molecule has 0 rings (SSSR count). The van der Waals surface area contributed by atoms with Crippen LogP contribution < -0.4 is 0 Å². The van der Waals surface area contributed by atoms with Gasteiger partial charge in [0.1, 0.15) is 0 Å². The first-order valence-electron chi connectivity index (χ1n) is 4.97. The maximum atomic E-state index is 8.12. The molecule has 0 unspecified atom stereocenters. The van der Waals surface area contributed by atoms with Crippen molar-refractivity contribution in [2.45, 2.75) is 0 Å². The van der Waals surface area contributed by atoms with Gasteiger partial charge in [-0.25, -0.2) is 0 Å². The van der Waals surface area contributed by atoms with Gasteiger partial charge in [0.25, 0.3) is 0 Å². The predicted molar refractivity (Wildman–Crippen MR) is 89.9 cm³/mol. The van der Waals surface area contributed by atoms with Crippen molar-refractivity contribution in [2.75, 3.05) is 60.0 Å².